The van der Waals surface area contributed by atoms with Gasteiger partial charge in [-0.15, -0.1) is 11.3 Å². The summed E-state index contributed by atoms with van der Waals surface area (Å²) in [5.41, 5.74) is 3.04. The van der Waals surface area contributed by atoms with Gasteiger partial charge in [-0.1, -0.05) is 6.07 Å². The molecular weight excluding hydrogens is 375 g/mol. The van der Waals surface area contributed by atoms with Crippen molar-refractivity contribution in [1.82, 2.24) is 5.43 Å². The molecule has 2 rings (SSSR count). The van der Waals surface area contributed by atoms with Gasteiger partial charge in [-0.2, -0.15) is 5.10 Å². The van der Waals surface area contributed by atoms with Gasteiger partial charge in [0.05, 0.1) is 16.9 Å². The maximum absolute atomic E-state index is 11.9. The summed E-state index contributed by atoms with van der Waals surface area (Å²) in [5.74, 6) is 0.507. The van der Waals surface area contributed by atoms with E-state index in [1.54, 1.807) is 42.9 Å². The third-order valence-electron chi connectivity index (χ3n) is 2.32. The summed E-state index contributed by atoms with van der Waals surface area (Å²) >= 11 is 3.68. The number of amides is 1. The number of hydrogen-bond acceptors (Lipinski definition) is 4. The van der Waals surface area contributed by atoms with E-state index < -0.39 is 0 Å². The number of hydrazone groups is 1. The van der Waals surface area contributed by atoms with E-state index in [1.807, 2.05) is 17.5 Å². The van der Waals surface area contributed by atoms with Gasteiger partial charge in [-0.25, -0.2) is 5.43 Å². The van der Waals surface area contributed by atoms with Gasteiger partial charge in [0.15, 0.2) is 0 Å². The molecule has 0 aliphatic heterocycles. The normalized spacial score (nSPS) is 10.6. The summed E-state index contributed by atoms with van der Waals surface area (Å²) in [6, 6.07) is 9.09. The molecule has 0 aliphatic rings. The molecule has 1 heterocycles. The molecule has 1 aromatic carbocycles. The lowest BCUT2D eigenvalue weighted by Gasteiger charge is -2.05. The van der Waals surface area contributed by atoms with Crippen LogP contribution in [0, 0.1) is 3.57 Å². The highest BCUT2D eigenvalue weighted by Gasteiger charge is 2.07. The van der Waals surface area contributed by atoms with Crippen LogP contribution < -0.4 is 10.2 Å². The Hall–Kier alpha value is -1.41. The quantitative estimate of drug-likeness (QED) is 0.499. The minimum atomic E-state index is -0.242. The Morgan fingerprint density at radius 1 is 1.47 bits per heavy atom. The number of carbonyl (C=O) groups excluding carboxylic acids is 1. The Kier molecular flexibility index (Phi) is 4.92. The Balaban J connectivity index is 2.02. The van der Waals surface area contributed by atoms with Crippen LogP contribution in [0.25, 0.3) is 0 Å². The Labute approximate surface area is 128 Å². The minimum Gasteiger partial charge on any atom is -0.496 e. The first-order valence-corrected chi connectivity index (χ1v) is 7.37. The number of nitrogens with zero attached hydrogens (tertiary/aromatic N) is 1. The number of ether oxygens (including phenoxy) is 1. The Morgan fingerprint density at radius 3 is 2.95 bits per heavy atom. The lowest BCUT2D eigenvalue weighted by Crippen LogP contribution is -2.17. The first-order chi connectivity index (χ1) is 9.20. The lowest BCUT2D eigenvalue weighted by molar-refractivity contribution is 0.0955. The van der Waals surface area contributed by atoms with Gasteiger partial charge >= 0.3 is 0 Å². The second kappa shape index (κ2) is 6.67. The van der Waals surface area contributed by atoms with Gasteiger partial charge in [0.1, 0.15) is 5.75 Å². The molecule has 0 spiro atoms. The third-order valence-corrected chi connectivity index (χ3v) is 3.96. The minimum absolute atomic E-state index is 0.242. The van der Waals surface area contributed by atoms with Gasteiger partial charge in [0.2, 0.25) is 0 Å². The smallest absolute Gasteiger partial charge is 0.271 e. The molecule has 0 fully saturated rings. The summed E-state index contributed by atoms with van der Waals surface area (Å²) in [4.78, 5) is 12.8. The van der Waals surface area contributed by atoms with E-state index >= 15 is 0 Å². The van der Waals surface area contributed by atoms with Crippen LogP contribution in [0.4, 0.5) is 0 Å². The SMILES string of the molecule is COc1ccc(C(=O)N/N=C/c2cccs2)cc1I. The van der Waals surface area contributed by atoms with Crippen molar-refractivity contribution in [1.29, 1.82) is 0 Å². The Morgan fingerprint density at radius 2 is 2.32 bits per heavy atom. The van der Waals surface area contributed by atoms with Crippen molar-refractivity contribution in [3.8, 4) is 5.75 Å². The molecule has 4 nitrogen and oxygen atoms in total. The van der Waals surface area contributed by atoms with E-state index in [2.05, 4.69) is 33.1 Å². The third kappa shape index (κ3) is 3.77. The van der Waals surface area contributed by atoms with Crippen molar-refractivity contribution >= 4 is 46.0 Å². The predicted octanol–water partition coefficient (Wildman–Crippen LogP) is 3.13. The van der Waals surface area contributed by atoms with E-state index in [4.69, 9.17) is 4.74 Å². The van der Waals surface area contributed by atoms with Gasteiger partial charge in [0, 0.05) is 10.4 Å². The van der Waals surface area contributed by atoms with E-state index in [9.17, 15) is 4.79 Å². The largest absolute Gasteiger partial charge is 0.496 e. The highest BCUT2D eigenvalue weighted by atomic mass is 127. The highest BCUT2D eigenvalue weighted by molar-refractivity contribution is 14.1. The standard InChI is InChI=1S/C13H11IN2O2S/c1-18-12-5-4-9(7-11(12)14)13(17)16-15-8-10-3-2-6-19-10/h2-8H,1H3,(H,16,17)/b15-8+. The molecule has 19 heavy (non-hydrogen) atoms. The number of hydrogen-bond donors (Lipinski definition) is 1. The number of carbonyl (C=O) groups is 1. The number of halogens is 1. The summed E-state index contributed by atoms with van der Waals surface area (Å²) < 4.78 is 6.03. The molecule has 0 unspecified atom stereocenters. The molecule has 1 N–H and O–H groups in total. The molecule has 98 valence electrons. The second-order valence-electron chi connectivity index (χ2n) is 3.56. The van der Waals surface area contributed by atoms with Crippen molar-refractivity contribution in [2.24, 2.45) is 5.10 Å². The zero-order valence-corrected chi connectivity index (χ0v) is 13.1. The van der Waals surface area contributed by atoms with Crippen molar-refractivity contribution in [3.05, 3.63) is 49.7 Å². The molecule has 2 aromatic rings. The average Bonchev–Trinajstić information content (AvgIpc) is 2.91. The zero-order chi connectivity index (χ0) is 13.7. The fraction of sp³-hybridized carbons (Fsp3) is 0.0769. The maximum atomic E-state index is 11.9. The van der Waals surface area contributed by atoms with Gasteiger partial charge < -0.3 is 4.74 Å². The summed E-state index contributed by atoms with van der Waals surface area (Å²) in [7, 11) is 1.60. The monoisotopic (exact) mass is 386 g/mol. The molecule has 0 atom stereocenters. The van der Waals surface area contributed by atoms with E-state index in [1.165, 1.54) is 0 Å². The fourth-order valence-corrected chi connectivity index (χ4v) is 2.71. The van der Waals surface area contributed by atoms with Crippen LogP contribution in [0.1, 0.15) is 15.2 Å². The number of thiophene rings is 1. The molecule has 0 aliphatic carbocycles. The number of benzene rings is 1. The lowest BCUT2D eigenvalue weighted by atomic mass is 10.2. The van der Waals surface area contributed by atoms with Gasteiger partial charge in [0.25, 0.3) is 5.91 Å². The van der Waals surface area contributed by atoms with Crippen LogP contribution in [0.3, 0.4) is 0 Å². The topological polar surface area (TPSA) is 50.7 Å². The maximum Gasteiger partial charge on any atom is 0.271 e. The molecule has 1 aromatic heterocycles. The van der Waals surface area contributed by atoms with Crippen LogP contribution in [-0.4, -0.2) is 19.2 Å². The van der Waals surface area contributed by atoms with Crippen LogP contribution in [0.2, 0.25) is 0 Å². The first-order valence-electron chi connectivity index (χ1n) is 5.41. The van der Waals surface area contributed by atoms with Crippen molar-refractivity contribution < 1.29 is 9.53 Å². The van der Waals surface area contributed by atoms with E-state index in [0.29, 0.717) is 5.56 Å². The van der Waals surface area contributed by atoms with E-state index in [0.717, 1.165) is 14.2 Å². The van der Waals surface area contributed by atoms with Crippen LogP contribution in [0.15, 0.2) is 40.8 Å². The molecular formula is C13H11IN2O2S. The number of nitrogens with one attached hydrogen (secondary N) is 1. The van der Waals surface area contributed by atoms with Crippen molar-refractivity contribution in [2.45, 2.75) is 0 Å². The van der Waals surface area contributed by atoms with Crippen LogP contribution in [-0.2, 0) is 0 Å². The molecule has 0 saturated carbocycles. The summed E-state index contributed by atoms with van der Waals surface area (Å²) in [6.07, 6.45) is 1.62. The molecule has 0 saturated heterocycles. The summed E-state index contributed by atoms with van der Waals surface area (Å²) in [6.45, 7) is 0. The average molecular weight is 386 g/mol. The second-order valence-corrected chi connectivity index (χ2v) is 5.71. The Bertz CT molecular complexity index is 597. The molecule has 1 amide bonds. The molecule has 6 heteroatoms. The van der Waals surface area contributed by atoms with Crippen molar-refractivity contribution in [3.63, 3.8) is 0 Å². The first kappa shape index (κ1) is 14.0. The van der Waals surface area contributed by atoms with E-state index in [-0.39, 0.29) is 5.91 Å². The molecule has 0 radical (unpaired) electrons. The van der Waals surface area contributed by atoms with Gasteiger partial charge in [-0.3, -0.25) is 4.79 Å². The number of rotatable bonds is 4. The number of methoxy groups -OCH3 is 1. The zero-order valence-electron chi connectivity index (χ0n) is 10.1. The fourth-order valence-electron chi connectivity index (χ4n) is 1.39. The van der Waals surface area contributed by atoms with Gasteiger partial charge in [-0.05, 0) is 52.2 Å². The predicted molar refractivity (Wildman–Crippen MR) is 85.1 cm³/mol. The molecule has 0 bridgehead atoms. The highest BCUT2D eigenvalue weighted by Crippen LogP contribution is 2.21. The summed E-state index contributed by atoms with van der Waals surface area (Å²) in [5, 5.41) is 5.87. The van der Waals surface area contributed by atoms with Crippen LogP contribution >= 0.6 is 33.9 Å². The van der Waals surface area contributed by atoms with Crippen molar-refractivity contribution in [2.75, 3.05) is 7.11 Å². The van der Waals surface area contributed by atoms with Crippen LogP contribution in [0.5, 0.6) is 5.75 Å².